The monoisotopic (exact) mass is 267 g/mol. The van der Waals surface area contributed by atoms with Crippen LogP contribution in [-0.2, 0) is 4.79 Å². The van der Waals surface area contributed by atoms with Crippen LogP contribution in [-0.4, -0.2) is 24.4 Å². The van der Waals surface area contributed by atoms with Crippen LogP contribution in [0.3, 0.4) is 0 Å². The Hall–Kier alpha value is -1.40. The van der Waals surface area contributed by atoms with Gasteiger partial charge in [0, 0.05) is 6.04 Å². The molecule has 6 heteroatoms. The Labute approximate surface area is 110 Å². The number of thiophene rings is 1. The number of rotatable bonds is 5. The zero-order chi connectivity index (χ0) is 13.0. The molecule has 4 N–H and O–H groups in total. The third kappa shape index (κ3) is 3.30. The second kappa shape index (κ2) is 5.97. The van der Waals surface area contributed by atoms with Crippen LogP contribution >= 0.6 is 11.3 Å². The zero-order valence-corrected chi connectivity index (χ0v) is 10.9. The van der Waals surface area contributed by atoms with E-state index in [1.54, 1.807) is 11.4 Å². The lowest BCUT2D eigenvalue weighted by Crippen LogP contribution is -2.34. The van der Waals surface area contributed by atoms with Crippen LogP contribution in [0.4, 0.5) is 5.00 Å². The van der Waals surface area contributed by atoms with Gasteiger partial charge < -0.3 is 16.4 Å². The summed E-state index contributed by atoms with van der Waals surface area (Å²) in [4.78, 5) is 22.8. The molecule has 0 unspecified atom stereocenters. The molecule has 2 amide bonds. The summed E-state index contributed by atoms with van der Waals surface area (Å²) in [7, 11) is 0. The molecule has 98 valence electrons. The second-order valence-electron chi connectivity index (χ2n) is 4.44. The largest absolute Gasteiger partial charge is 0.366 e. The molecule has 0 atom stereocenters. The normalized spacial score (nSPS) is 15.8. The summed E-state index contributed by atoms with van der Waals surface area (Å²) < 4.78 is 0. The van der Waals surface area contributed by atoms with E-state index in [1.165, 1.54) is 24.2 Å². The highest BCUT2D eigenvalue weighted by molar-refractivity contribution is 7.14. The summed E-state index contributed by atoms with van der Waals surface area (Å²) in [6, 6.07) is 2.07. The van der Waals surface area contributed by atoms with Crippen molar-refractivity contribution in [3.05, 3.63) is 17.0 Å². The number of hydrogen-bond donors (Lipinski definition) is 3. The number of anilines is 1. The molecule has 0 bridgehead atoms. The van der Waals surface area contributed by atoms with Gasteiger partial charge in [-0.2, -0.15) is 0 Å². The zero-order valence-electron chi connectivity index (χ0n) is 10.1. The maximum atomic E-state index is 11.7. The molecule has 5 nitrogen and oxygen atoms in total. The lowest BCUT2D eigenvalue weighted by molar-refractivity contribution is -0.115. The lowest BCUT2D eigenvalue weighted by Gasteiger charge is -2.11. The Morgan fingerprint density at radius 2 is 2.11 bits per heavy atom. The first-order valence-electron chi connectivity index (χ1n) is 6.07. The summed E-state index contributed by atoms with van der Waals surface area (Å²) in [6.07, 6.45) is 4.74. The first-order chi connectivity index (χ1) is 8.66. The fourth-order valence-electron chi connectivity index (χ4n) is 2.14. The van der Waals surface area contributed by atoms with Crippen molar-refractivity contribution >= 4 is 28.2 Å². The van der Waals surface area contributed by atoms with Gasteiger partial charge in [0.05, 0.1) is 12.1 Å². The van der Waals surface area contributed by atoms with Gasteiger partial charge in [-0.1, -0.05) is 12.8 Å². The van der Waals surface area contributed by atoms with E-state index in [1.807, 2.05) is 0 Å². The number of nitrogens with two attached hydrogens (primary N) is 1. The highest BCUT2D eigenvalue weighted by Crippen LogP contribution is 2.22. The van der Waals surface area contributed by atoms with Gasteiger partial charge in [0.15, 0.2) is 0 Å². The molecule has 1 fully saturated rings. The molecule has 0 aromatic carbocycles. The number of primary amides is 1. The third-order valence-corrected chi connectivity index (χ3v) is 3.92. The van der Waals surface area contributed by atoms with Crippen molar-refractivity contribution in [3.63, 3.8) is 0 Å². The van der Waals surface area contributed by atoms with Gasteiger partial charge in [0.1, 0.15) is 5.00 Å². The van der Waals surface area contributed by atoms with Crippen molar-refractivity contribution in [2.24, 2.45) is 5.73 Å². The minimum absolute atomic E-state index is 0.133. The minimum Gasteiger partial charge on any atom is -0.366 e. The Kier molecular flexibility index (Phi) is 4.33. The summed E-state index contributed by atoms with van der Waals surface area (Å²) >= 11 is 1.30. The van der Waals surface area contributed by atoms with Crippen molar-refractivity contribution in [2.45, 2.75) is 31.7 Å². The Morgan fingerprint density at radius 3 is 2.78 bits per heavy atom. The molecule has 0 spiro atoms. The van der Waals surface area contributed by atoms with Crippen LogP contribution in [0.2, 0.25) is 0 Å². The molecule has 2 rings (SSSR count). The number of carbonyl (C=O) groups excluding carboxylic acids is 2. The Bertz CT molecular complexity index is 438. The molecular formula is C12H17N3O2S. The molecule has 0 saturated heterocycles. The van der Waals surface area contributed by atoms with Crippen LogP contribution in [0.15, 0.2) is 11.4 Å². The summed E-state index contributed by atoms with van der Waals surface area (Å²) in [5.41, 5.74) is 5.58. The van der Waals surface area contributed by atoms with E-state index in [0.717, 1.165) is 12.8 Å². The average molecular weight is 267 g/mol. The van der Waals surface area contributed by atoms with Crippen molar-refractivity contribution in [1.29, 1.82) is 0 Å². The van der Waals surface area contributed by atoms with Gasteiger partial charge in [-0.3, -0.25) is 9.59 Å². The van der Waals surface area contributed by atoms with Gasteiger partial charge in [-0.05, 0) is 24.3 Å². The molecule has 1 aromatic heterocycles. The van der Waals surface area contributed by atoms with Gasteiger partial charge in [0.2, 0.25) is 5.91 Å². The molecule has 1 saturated carbocycles. The van der Waals surface area contributed by atoms with E-state index in [2.05, 4.69) is 10.6 Å². The highest BCUT2D eigenvalue weighted by atomic mass is 32.1. The molecule has 0 aliphatic heterocycles. The maximum Gasteiger partial charge on any atom is 0.251 e. The number of amides is 2. The van der Waals surface area contributed by atoms with Gasteiger partial charge in [-0.15, -0.1) is 11.3 Å². The van der Waals surface area contributed by atoms with Gasteiger partial charge in [-0.25, -0.2) is 0 Å². The van der Waals surface area contributed by atoms with Crippen molar-refractivity contribution < 1.29 is 9.59 Å². The molecule has 1 heterocycles. The predicted molar refractivity (Wildman–Crippen MR) is 71.7 cm³/mol. The van der Waals surface area contributed by atoms with Crippen molar-refractivity contribution in [1.82, 2.24) is 5.32 Å². The quantitative estimate of drug-likeness (QED) is 0.752. The van der Waals surface area contributed by atoms with Crippen molar-refractivity contribution in [2.75, 3.05) is 11.9 Å². The molecular weight excluding hydrogens is 250 g/mol. The lowest BCUT2D eigenvalue weighted by atomic mass is 10.2. The second-order valence-corrected chi connectivity index (χ2v) is 5.35. The summed E-state index contributed by atoms with van der Waals surface area (Å²) in [5.74, 6) is -0.651. The molecule has 1 aromatic rings. The van der Waals surface area contributed by atoms with Crippen molar-refractivity contribution in [3.8, 4) is 0 Å². The van der Waals surface area contributed by atoms with Crippen LogP contribution < -0.4 is 16.4 Å². The van der Waals surface area contributed by atoms with Crippen LogP contribution in [0, 0.1) is 0 Å². The van der Waals surface area contributed by atoms with Gasteiger partial charge >= 0.3 is 0 Å². The van der Waals surface area contributed by atoms with Crippen LogP contribution in [0.5, 0.6) is 0 Å². The molecule has 0 radical (unpaired) electrons. The molecule has 1 aliphatic carbocycles. The average Bonchev–Trinajstić information content (AvgIpc) is 2.96. The van der Waals surface area contributed by atoms with E-state index in [0.29, 0.717) is 16.6 Å². The van der Waals surface area contributed by atoms with E-state index in [-0.39, 0.29) is 12.5 Å². The third-order valence-electron chi connectivity index (χ3n) is 3.09. The smallest absolute Gasteiger partial charge is 0.251 e. The number of nitrogens with one attached hydrogen (secondary N) is 2. The standard InChI is InChI=1S/C12H17N3O2S/c13-11(17)9-5-6-18-12(9)15-10(16)7-14-8-3-1-2-4-8/h5-6,8,14H,1-4,7H2,(H2,13,17)(H,15,16). The number of hydrogen-bond acceptors (Lipinski definition) is 4. The van der Waals surface area contributed by atoms with E-state index >= 15 is 0 Å². The van der Waals surface area contributed by atoms with E-state index in [9.17, 15) is 9.59 Å². The first kappa shape index (κ1) is 13.0. The predicted octanol–water partition coefficient (Wildman–Crippen LogP) is 1.32. The molecule has 18 heavy (non-hydrogen) atoms. The van der Waals surface area contributed by atoms with E-state index in [4.69, 9.17) is 5.73 Å². The summed E-state index contributed by atoms with van der Waals surface area (Å²) in [6.45, 7) is 0.279. The molecule has 1 aliphatic rings. The maximum absolute atomic E-state index is 11.7. The SMILES string of the molecule is NC(=O)c1ccsc1NC(=O)CNC1CCCC1. The van der Waals surface area contributed by atoms with Gasteiger partial charge in [0.25, 0.3) is 5.91 Å². The van der Waals surface area contributed by atoms with Crippen LogP contribution in [0.25, 0.3) is 0 Å². The fourth-order valence-corrected chi connectivity index (χ4v) is 2.95. The van der Waals surface area contributed by atoms with E-state index < -0.39 is 5.91 Å². The topological polar surface area (TPSA) is 84.2 Å². The number of carbonyl (C=O) groups is 2. The fraction of sp³-hybridized carbons (Fsp3) is 0.500. The Balaban J connectivity index is 1.82. The highest BCUT2D eigenvalue weighted by Gasteiger charge is 2.16. The first-order valence-corrected chi connectivity index (χ1v) is 6.95. The Morgan fingerprint density at radius 1 is 1.39 bits per heavy atom. The minimum atomic E-state index is -0.518. The summed E-state index contributed by atoms with van der Waals surface area (Å²) in [5, 5.41) is 8.20. The van der Waals surface area contributed by atoms with Crippen LogP contribution in [0.1, 0.15) is 36.0 Å².